The summed E-state index contributed by atoms with van der Waals surface area (Å²) in [4.78, 5) is 0. The van der Waals surface area contributed by atoms with Crippen molar-refractivity contribution in [1.29, 1.82) is 0 Å². The van der Waals surface area contributed by atoms with Gasteiger partial charge in [-0.2, -0.15) is 0 Å². The summed E-state index contributed by atoms with van der Waals surface area (Å²) >= 11 is 0. The average molecular weight is 290 g/mol. The molecule has 21 heavy (non-hydrogen) atoms. The van der Waals surface area contributed by atoms with Crippen LogP contribution < -0.4 is 5.46 Å². The quantitative estimate of drug-likeness (QED) is 0.781. The van der Waals surface area contributed by atoms with Crippen LogP contribution in [0.25, 0.3) is 0 Å². The molecule has 3 rings (SSSR count). The van der Waals surface area contributed by atoms with Crippen molar-refractivity contribution in [3.63, 3.8) is 0 Å². The van der Waals surface area contributed by atoms with Crippen molar-refractivity contribution in [3.05, 3.63) is 29.8 Å². The van der Waals surface area contributed by atoms with Crippen molar-refractivity contribution < 1.29 is 18.8 Å². The predicted octanol–water partition coefficient (Wildman–Crippen LogP) is 2.07. The Balaban J connectivity index is 1.73. The number of hydrogen-bond acceptors (Lipinski definition) is 4. The van der Waals surface area contributed by atoms with Gasteiger partial charge in [0.25, 0.3) is 0 Å². The summed E-state index contributed by atoms with van der Waals surface area (Å²) in [6.45, 7) is 10.2. The van der Waals surface area contributed by atoms with Gasteiger partial charge in [0.1, 0.15) is 6.10 Å². The molecule has 0 N–H and O–H groups in total. The molecule has 2 fully saturated rings. The van der Waals surface area contributed by atoms with Crippen LogP contribution in [-0.2, 0) is 18.8 Å². The molecular formula is C16H23BO4. The normalized spacial score (nSPS) is 27.8. The van der Waals surface area contributed by atoms with Gasteiger partial charge in [-0.05, 0) is 38.7 Å². The van der Waals surface area contributed by atoms with E-state index in [1.165, 1.54) is 0 Å². The van der Waals surface area contributed by atoms with E-state index in [-0.39, 0.29) is 24.4 Å². The molecule has 2 aliphatic heterocycles. The third kappa shape index (κ3) is 2.88. The fourth-order valence-corrected chi connectivity index (χ4v) is 2.53. The van der Waals surface area contributed by atoms with E-state index in [2.05, 4.69) is 52.0 Å². The Hall–Kier alpha value is -0.875. The van der Waals surface area contributed by atoms with Crippen molar-refractivity contribution in [2.24, 2.45) is 0 Å². The van der Waals surface area contributed by atoms with E-state index in [9.17, 15) is 0 Å². The maximum Gasteiger partial charge on any atom is 0.494 e. The third-order valence-corrected chi connectivity index (χ3v) is 4.65. The molecule has 0 aromatic heterocycles. The molecule has 2 heterocycles. The minimum Gasteiger partial charge on any atom is -0.399 e. The highest BCUT2D eigenvalue weighted by Crippen LogP contribution is 2.36. The molecule has 2 aliphatic rings. The molecule has 1 aromatic rings. The molecule has 1 atom stereocenters. The first-order valence-electron chi connectivity index (χ1n) is 7.54. The van der Waals surface area contributed by atoms with Crippen LogP contribution in [0.15, 0.2) is 24.3 Å². The van der Waals surface area contributed by atoms with E-state index < -0.39 is 0 Å². The SMILES string of the molecule is CC1(C)OB(c2ccc(C3COCCO3)cc2)OC1(C)C. The highest BCUT2D eigenvalue weighted by atomic mass is 16.7. The topological polar surface area (TPSA) is 36.9 Å². The van der Waals surface area contributed by atoms with Gasteiger partial charge in [0.2, 0.25) is 0 Å². The zero-order valence-electron chi connectivity index (χ0n) is 13.2. The molecule has 1 unspecified atom stereocenters. The second-order valence-corrected chi connectivity index (χ2v) is 6.69. The minimum absolute atomic E-state index is 0.0334. The summed E-state index contributed by atoms with van der Waals surface area (Å²) in [5.41, 5.74) is 1.55. The van der Waals surface area contributed by atoms with E-state index in [1.54, 1.807) is 0 Å². The van der Waals surface area contributed by atoms with Gasteiger partial charge in [0.05, 0.1) is 31.0 Å². The van der Waals surface area contributed by atoms with Crippen LogP contribution in [0.3, 0.4) is 0 Å². The lowest BCUT2D eigenvalue weighted by molar-refractivity contribution is -0.0901. The average Bonchev–Trinajstić information content (AvgIpc) is 2.69. The lowest BCUT2D eigenvalue weighted by Crippen LogP contribution is -2.41. The Morgan fingerprint density at radius 3 is 2.10 bits per heavy atom. The summed E-state index contributed by atoms with van der Waals surface area (Å²) in [7, 11) is -0.312. The zero-order chi connectivity index (χ0) is 15.1. The van der Waals surface area contributed by atoms with Gasteiger partial charge in [-0.1, -0.05) is 24.3 Å². The minimum atomic E-state index is -0.312. The van der Waals surface area contributed by atoms with Crippen LogP contribution in [0.2, 0.25) is 0 Å². The molecule has 0 aliphatic carbocycles. The largest absolute Gasteiger partial charge is 0.494 e. The summed E-state index contributed by atoms with van der Waals surface area (Å²) in [6, 6.07) is 8.24. The van der Waals surface area contributed by atoms with Crippen LogP contribution in [0.5, 0.6) is 0 Å². The molecule has 2 saturated heterocycles. The fraction of sp³-hybridized carbons (Fsp3) is 0.625. The maximum atomic E-state index is 6.06. The Bertz CT molecular complexity index is 476. The van der Waals surface area contributed by atoms with Crippen LogP contribution in [-0.4, -0.2) is 38.1 Å². The third-order valence-electron chi connectivity index (χ3n) is 4.65. The highest BCUT2D eigenvalue weighted by molar-refractivity contribution is 6.62. The Morgan fingerprint density at radius 1 is 0.952 bits per heavy atom. The van der Waals surface area contributed by atoms with Gasteiger partial charge in [-0.3, -0.25) is 0 Å². The molecule has 0 bridgehead atoms. The summed E-state index contributed by atoms with van der Waals surface area (Å²) < 4.78 is 23.3. The molecule has 1 aromatic carbocycles. The number of benzene rings is 1. The first kappa shape index (κ1) is 15.0. The van der Waals surface area contributed by atoms with E-state index >= 15 is 0 Å². The van der Waals surface area contributed by atoms with Crippen molar-refractivity contribution in [2.75, 3.05) is 19.8 Å². The molecule has 5 heteroatoms. The van der Waals surface area contributed by atoms with Gasteiger partial charge in [-0.15, -0.1) is 0 Å². The summed E-state index contributed by atoms with van der Waals surface area (Å²) in [5, 5.41) is 0. The lowest BCUT2D eigenvalue weighted by Gasteiger charge is -2.32. The maximum absolute atomic E-state index is 6.06. The van der Waals surface area contributed by atoms with Crippen LogP contribution >= 0.6 is 0 Å². The Kier molecular flexibility index (Phi) is 3.86. The monoisotopic (exact) mass is 290 g/mol. The summed E-state index contributed by atoms with van der Waals surface area (Å²) in [6.07, 6.45) is 0.0334. The second kappa shape index (κ2) is 5.40. The van der Waals surface area contributed by atoms with E-state index in [4.69, 9.17) is 18.8 Å². The molecule has 0 radical (unpaired) electrons. The van der Waals surface area contributed by atoms with Gasteiger partial charge >= 0.3 is 7.12 Å². The van der Waals surface area contributed by atoms with E-state index in [0.29, 0.717) is 19.8 Å². The first-order chi connectivity index (χ1) is 9.89. The van der Waals surface area contributed by atoms with Crippen LogP contribution in [0.4, 0.5) is 0 Å². The van der Waals surface area contributed by atoms with Crippen LogP contribution in [0, 0.1) is 0 Å². The Morgan fingerprint density at radius 2 is 1.57 bits per heavy atom. The smallest absolute Gasteiger partial charge is 0.399 e. The molecule has 114 valence electrons. The van der Waals surface area contributed by atoms with Gasteiger partial charge in [-0.25, -0.2) is 0 Å². The highest BCUT2D eigenvalue weighted by Gasteiger charge is 2.51. The molecule has 0 saturated carbocycles. The van der Waals surface area contributed by atoms with Crippen molar-refractivity contribution in [3.8, 4) is 0 Å². The second-order valence-electron chi connectivity index (χ2n) is 6.69. The molecule has 0 spiro atoms. The first-order valence-corrected chi connectivity index (χ1v) is 7.54. The Labute approximate surface area is 126 Å². The molecule has 0 amide bonds. The predicted molar refractivity (Wildman–Crippen MR) is 81.7 cm³/mol. The fourth-order valence-electron chi connectivity index (χ4n) is 2.53. The summed E-state index contributed by atoms with van der Waals surface area (Å²) in [5.74, 6) is 0. The standard InChI is InChI=1S/C16H23BO4/c1-15(2)16(3,4)21-17(20-15)13-7-5-12(6-8-13)14-11-18-9-10-19-14/h5-8,14H,9-11H2,1-4H3. The zero-order valence-corrected chi connectivity index (χ0v) is 13.2. The number of rotatable bonds is 2. The number of ether oxygens (including phenoxy) is 2. The van der Waals surface area contributed by atoms with E-state index in [1.807, 2.05) is 0 Å². The molecular weight excluding hydrogens is 267 g/mol. The van der Waals surface area contributed by atoms with Gasteiger partial charge in [0, 0.05) is 0 Å². The van der Waals surface area contributed by atoms with Crippen molar-refractivity contribution in [1.82, 2.24) is 0 Å². The van der Waals surface area contributed by atoms with Gasteiger partial charge < -0.3 is 18.8 Å². The van der Waals surface area contributed by atoms with Crippen molar-refractivity contribution in [2.45, 2.75) is 45.0 Å². The van der Waals surface area contributed by atoms with Crippen LogP contribution in [0.1, 0.15) is 39.4 Å². The lowest BCUT2D eigenvalue weighted by atomic mass is 9.78. The van der Waals surface area contributed by atoms with E-state index in [0.717, 1.165) is 11.0 Å². The number of hydrogen-bond donors (Lipinski definition) is 0. The van der Waals surface area contributed by atoms with Gasteiger partial charge in [0.15, 0.2) is 0 Å². The molecule has 4 nitrogen and oxygen atoms in total. The van der Waals surface area contributed by atoms with Crippen molar-refractivity contribution >= 4 is 12.6 Å².